The zero-order valence-corrected chi connectivity index (χ0v) is 10.6. The number of phenolic OH excluding ortho intramolecular Hbond substituents is 1. The summed E-state index contributed by atoms with van der Waals surface area (Å²) in [5.74, 6) is 0.653. The summed E-state index contributed by atoms with van der Waals surface area (Å²) in [5, 5.41) is 12.3. The Morgan fingerprint density at radius 2 is 2.11 bits per heavy atom. The molecule has 1 amide bonds. The molecule has 0 aliphatic heterocycles. The Morgan fingerprint density at radius 1 is 1.32 bits per heavy atom. The lowest BCUT2D eigenvalue weighted by Crippen LogP contribution is -2.25. The molecule has 1 aromatic carbocycles. The van der Waals surface area contributed by atoms with Gasteiger partial charge in [-0.25, -0.2) is 9.97 Å². The highest BCUT2D eigenvalue weighted by molar-refractivity contribution is 5.79. The fourth-order valence-corrected chi connectivity index (χ4v) is 1.69. The number of amides is 1. The Balaban J connectivity index is 1.90. The third-order valence-corrected chi connectivity index (χ3v) is 2.64. The van der Waals surface area contributed by atoms with Crippen LogP contribution in [-0.4, -0.2) is 21.0 Å². The largest absolute Gasteiger partial charge is 0.508 e. The van der Waals surface area contributed by atoms with E-state index in [0.717, 1.165) is 5.69 Å². The molecule has 5 nitrogen and oxygen atoms in total. The van der Waals surface area contributed by atoms with Gasteiger partial charge in [0.1, 0.15) is 11.6 Å². The van der Waals surface area contributed by atoms with Gasteiger partial charge in [-0.3, -0.25) is 4.79 Å². The number of benzene rings is 1. The molecule has 98 valence electrons. The molecule has 0 bridgehead atoms. The molecule has 0 radical (unpaired) electrons. The van der Waals surface area contributed by atoms with Gasteiger partial charge in [-0.05, 0) is 19.1 Å². The van der Waals surface area contributed by atoms with E-state index in [1.54, 1.807) is 43.5 Å². The van der Waals surface area contributed by atoms with E-state index in [2.05, 4.69) is 15.3 Å². The summed E-state index contributed by atoms with van der Waals surface area (Å²) in [4.78, 5) is 19.9. The smallest absolute Gasteiger partial charge is 0.224 e. The van der Waals surface area contributed by atoms with Crippen LogP contribution in [0.4, 0.5) is 0 Å². The summed E-state index contributed by atoms with van der Waals surface area (Å²) < 4.78 is 0. The van der Waals surface area contributed by atoms with E-state index in [-0.39, 0.29) is 18.1 Å². The van der Waals surface area contributed by atoms with Gasteiger partial charge >= 0.3 is 0 Å². The van der Waals surface area contributed by atoms with Crippen LogP contribution in [0.2, 0.25) is 0 Å². The summed E-state index contributed by atoms with van der Waals surface area (Å²) in [7, 11) is 0. The maximum atomic E-state index is 11.8. The molecule has 0 atom stereocenters. The number of nitrogens with zero attached hydrogens (tertiary/aromatic N) is 2. The summed E-state index contributed by atoms with van der Waals surface area (Å²) in [6.45, 7) is 2.16. The maximum absolute atomic E-state index is 11.8. The first-order valence-corrected chi connectivity index (χ1v) is 5.97. The topological polar surface area (TPSA) is 75.1 Å². The first-order chi connectivity index (χ1) is 9.15. The van der Waals surface area contributed by atoms with Gasteiger partial charge in [0.15, 0.2) is 0 Å². The first kappa shape index (κ1) is 13.0. The molecule has 1 heterocycles. The molecule has 0 spiro atoms. The van der Waals surface area contributed by atoms with Crippen LogP contribution < -0.4 is 5.32 Å². The molecule has 2 rings (SSSR count). The highest BCUT2D eigenvalue weighted by atomic mass is 16.3. The van der Waals surface area contributed by atoms with Crippen molar-refractivity contribution in [3.8, 4) is 5.75 Å². The number of hydrogen-bond acceptors (Lipinski definition) is 4. The predicted molar refractivity (Wildman–Crippen MR) is 70.4 cm³/mol. The summed E-state index contributed by atoms with van der Waals surface area (Å²) in [5.41, 5.74) is 1.37. The number of carbonyl (C=O) groups excluding carboxylic acids is 1. The predicted octanol–water partition coefficient (Wildman–Crippen LogP) is 1.35. The maximum Gasteiger partial charge on any atom is 0.224 e. The molecule has 2 aromatic rings. The number of carbonyl (C=O) groups is 1. The Hall–Kier alpha value is -2.43. The first-order valence-electron chi connectivity index (χ1n) is 5.97. The van der Waals surface area contributed by atoms with E-state index in [9.17, 15) is 9.90 Å². The quantitative estimate of drug-likeness (QED) is 0.867. The minimum Gasteiger partial charge on any atom is -0.508 e. The minimum atomic E-state index is -0.155. The van der Waals surface area contributed by atoms with Crippen LogP contribution >= 0.6 is 0 Å². The van der Waals surface area contributed by atoms with Crippen molar-refractivity contribution < 1.29 is 9.90 Å². The Bertz CT molecular complexity index is 584. The van der Waals surface area contributed by atoms with Crippen LogP contribution in [0.25, 0.3) is 0 Å². The SMILES string of the molecule is Cc1nccc(CNC(=O)Cc2ccccc2O)n1. The highest BCUT2D eigenvalue weighted by Crippen LogP contribution is 2.15. The Labute approximate surface area is 111 Å². The zero-order chi connectivity index (χ0) is 13.7. The average Bonchev–Trinajstić information content (AvgIpc) is 2.39. The van der Waals surface area contributed by atoms with Crippen molar-refractivity contribution in [2.45, 2.75) is 19.9 Å². The fourth-order valence-electron chi connectivity index (χ4n) is 1.69. The van der Waals surface area contributed by atoms with Crippen molar-refractivity contribution >= 4 is 5.91 Å². The molecule has 19 heavy (non-hydrogen) atoms. The standard InChI is InChI=1S/C14H15N3O2/c1-10-15-7-6-12(17-10)9-16-14(19)8-11-4-2-3-5-13(11)18/h2-7,18H,8-9H2,1H3,(H,16,19). The number of aromatic nitrogens is 2. The van der Waals surface area contributed by atoms with Crippen molar-refractivity contribution in [2.75, 3.05) is 0 Å². The van der Waals surface area contributed by atoms with Crippen LogP contribution in [0.3, 0.4) is 0 Å². The molecule has 2 N–H and O–H groups in total. The second-order valence-electron chi connectivity index (χ2n) is 4.18. The van der Waals surface area contributed by atoms with E-state index >= 15 is 0 Å². The molecule has 5 heteroatoms. The number of para-hydroxylation sites is 1. The monoisotopic (exact) mass is 257 g/mol. The molecule has 0 aliphatic rings. The third-order valence-electron chi connectivity index (χ3n) is 2.64. The van der Waals surface area contributed by atoms with E-state index < -0.39 is 0 Å². The van der Waals surface area contributed by atoms with Crippen molar-refractivity contribution in [2.24, 2.45) is 0 Å². The molecule has 0 aliphatic carbocycles. The molecule has 1 aromatic heterocycles. The highest BCUT2D eigenvalue weighted by Gasteiger charge is 2.07. The Kier molecular flexibility index (Phi) is 4.07. The summed E-state index contributed by atoms with van der Waals surface area (Å²) in [6.07, 6.45) is 1.81. The second kappa shape index (κ2) is 5.95. The number of rotatable bonds is 4. The van der Waals surface area contributed by atoms with Crippen LogP contribution in [0.5, 0.6) is 5.75 Å². The minimum absolute atomic E-state index is 0.135. The van der Waals surface area contributed by atoms with E-state index in [4.69, 9.17) is 0 Å². The van der Waals surface area contributed by atoms with Gasteiger partial charge < -0.3 is 10.4 Å². The lowest BCUT2D eigenvalue weighted by molar-refractivity contribution is -0.120. The molecular formula is C14H15N3O2. The fraction of sp³-hybridized carbons (Fsp3) is 0.214. The van der Waals surface area contributed by atoms with Gasteiger partial charge in [0.05, 0.1) is 18.7 Å². The molecule has 0 saturated heterocycles. The molecule has 0 fully saturated rings. The second-order valence-corrected chi connectivity index (χ2v) is 4.18. The average molecular weight is 257 g/mol. The lowest BCUT2D eigenvalue weighted by Gasteiger charge is -2.06. The van der Waals surface area contributed by atoms with Gasteiger partial charge in [-0.1, -0.05) is 18.2 Å². The van der Waals surface area contributed by atoms with Crippen molar-refractivity contribution in [1.82, 2.24) is 15.3 Å². The van der Waals surface area contributed by atoms with Gasteiger partial charge in [0.2, 0.25) is 5.91 Å². The number of nitrogens with one attached hydrogen (secondary N) is 1. The third kappa shape index (κ3) is 3.77. The van der Waals surface area contributed by atoms with Crippen molar-refractivity contribution in [3.05, 3.63) is 53.6 Å². The van der Waals surface area contributed by atoms with Crippen molar-refractivity contribution in [3.63, 3.8) is 0 Å². The van der Waals surface area contributed by atoms with Gasteiger partial charge in [-0.2, -0.15) is 0 Å². The molecule has 0 unspecified atom stereocenters. The number of hydrogen-bond donors (Lipinski definition) is 2. The van der Waals surface area contributed by atoms with Crippen LogP contribution in [0.1, 0.15) is 17.1 Å². The molecule has 0 saturated carbocycles. The van der Waals surface area contributed by atoms with E-state index in [0.29, 0.717) is 17.9 Å². The van der Waals surface area contributed by atoms with E-state index in [1.165, 1.54) is 0 Å². The lowest BCUT2D eigenvalue weighted by atomic mass is 10.1. The summed E-state index contributed by atoms with van der Waals surface area (Å²) in [6, 6.07) is 8.56. The van der Waals surface area contributed by atoms with Gasteiger partial charge in [-0.15, -0.1) is 0 Å². The normalized spacial score (nSPS) is 10.2. The number of aromatic hydroxyl groups is 1. The molecular weight excluding hydrogens is 242 g/mol. The number of aryl methyl sites for hydroxylation is 1. The zero-order valence-electron chi connectivity index (χ0n) is 10.6. The van der Waals surface area contributed by atoms with Gasteiger partial charge in [0, 0.05) is 11.8 Å². The van der Waals surface area contributed by atoms with Gasteiger partial charge in [0.25, 0.3) is 0 Å². The number of phenols is 1. The Morgan fingerprint density at radius 3 is 2.84 bits per heavy atom. The van der Waals surface area contributed by atoms with Crippen LogP contribution in [0.15, 0.2) is 36.5 Å². The van der Waals surface area contributed by atoms with E-state index in [1.807, 2.05) is 0 Å². The summed E-state index contributed by atoms with van der Waals surface area (Å²) >= 11 is 0. The van der Waals surface area contributed by atoms with Crippen LogP contribution in [-0.2, 0) is 17.8 Å². The van der Waals surface area contributed by atoms with Crippen molar-refractivity contribution in [1.29, 1.82) is 0 Å². The van der Waals surface area contributed by atoms with Crippen LogP contribution in [0, 0.1) is 6.92 Å².